The molecule has 16 heavy (non-hydrogen) atoms. The number of nitrogens with one attached hydrogen (secondary N) is 1. The maximum atomic E-state index is 12.0. The quantitative estimate of drug-likeness (QED) is 0.709. The number of hydrogen-bond donors (Lipinski definition) is 1. The van der Waals surface area contributed by atoms with Crippen LogP contribution in [0.15, 0.2) is 0 Å². The molecule has 0 saturated carbocycles. The molecule has 2 amide bonds. The van der Waals surface area contributed by atoms with Gasteiger partial charge in [0.15, 0.2) is 0 Å². The normalized spacial score (nSPS) is 20.3. The van der Waals surface area contributed by atoms with Crippen LogP contribution in [-0.2, 0) is 9.59 Å². The molecule has 0 radical (unpaired) electrons. The average Bonchev–Trinajstić information content (AvgIpc) is 2.28. The topological polar surface area (TPSA) is 52.7 Å². The molecule has 1 N–H and O–H groups in total. The van der Waals surface area contributed by atoms with Gasteiger partial charge in [-0.1, -0.05) is 0 Å². The number of amides is 2. The number of hydrogen-bond acceptors (Lipinski definition) is 3. The van der Waals surface area contributed by atoms with E-state index < -0.39 is 0 Å². The van der Waals surface area contributed by atoms with E-state index in [1.807, 2.05) is 0 Å². The van der Waals surface area contributed by atoms with E-state index in [0.717, 1.165) is 25.9 Å². The summed E-state index contributed by atoms with van der Waals surface area (Å²) in [6.45, 7) is 1.89. The Hall–Kier alpha value is -1.10. The highest BCUT2D eigenvalue weighted by Gasteiger charge is 2.25. The van der Waals surface area contributed by atoms with E-state index in [-0.39, 0.29) is 24.3 Å². The zero-order valence-electron chi connectivity index (χ0n) is 10.3. The molecule has 1 atom stereocenters. The van der Waals surface area contributed by atoms with E-state index in [4.69, 9.17) is 0 Å². The Balaban J connectivity index is 2.43. The smallest absolute Gasteiger partial charge is 0.241 e. The first-order valence-electron chi connectivity index (χ1n) is 5.68. The fraction of sp³-hybridized carbons (Fsp3) is 0.818. The first kappa shape index (κ1) is 13.0. The lowest BCUT2D eigenvalue weighted by molar-refractivity contribution is -0.140. The van der Waals surface area contributed by atoms with Crippen molar-refractivity contribution in [3.63, 3.8) is 0 Å². The molecule has 1 fully saturated rings. The van der Waals surface area contributed by atoms with Crippen LogP contribution in [-0.4, -0.2) is 62.4 Å². The van der Waals surface area contributed by atoms with Gasteiger partial charge < -0.3 is 15.1 Å². The third-order valence-corrected chi connectivity index (χ3v) is 2.89. The summed E-state index contributed by atoms with van der Waals surface area (Å²) < 4.78 is 0. The van der Waals surface area contributed by atoms with Gasteiger partial charge in [0.2, 0.25) is 11.8 Å². The Kier molecular flexibility index (Phi) is 4.73. The van der Waals surface area contributed by atoms with Gasteiger partial charge in [0.25, 0.3) is 0 Å². The van der Waals surface area contributed by atoms with Crippen LogP contribution >= 0.6 is 0 Å². The molecular weight excluding hydrogens is 206 g/mol. The molecule has 0 aliphatic carbocycles. The zero-order chi connectivity index (χ0) is 12.1. The molecule has 0 aromatic heterocycles. The number of nitrogens with zero attached hydrogens (tertiary/aromatic N) is 2. The summed E-state index contributed by atoms with van der Waals surface area (Å²) in [6.07, 6.45) is 1.96. The molecule has 1 saturated heterocycles. The molecule has 0 aromatic rings. The minimum atomic E-state index is -0.0420. The number of rotatable bonds is 3. The maximum absolute atomic E-state index is 12.0. The van der Waals surface area contributed by atoms with Gasteiger partial charge in [-0.2, -0.15) is 0 Å². The van der Waals surface area contributed by atoms with Crippen LogP contribution in [0.2, 0.25) is 0 Å². The third-order valence-electron chi connectivity index (χ3n) is 2.89. The van der Waals surface area contributed by atoms with Gasteiger partial charge in [-0.15, -0.1) is 0 Å². The second kappa shape index (κ2) is 5.84. The van der Waals surface area contributed by atoms with Gasteiger partial charge in [-0.3, -0.25) is 9.59 Å². The second-order valence-corrected chi connectivity index (χ2v) is 4.53. The fourth-order valence-corrected chi connectivity index (χ4v) is 1.80. The highest BCUT2D eigenvalue weighted by molar-refractivity contribution is 5.85. The van der Waals surface area contributed by atoms with Crippen molar-refractivity contribution in [2.24, 2.45) is 5.92 Å². The third kappa shape index (κ3) is 3.48. The van der Waals surface area contributed by atoms with Crippen molar-refractivity contribution in [1.29, 1.82) is 0 Å². The first-order chi connectivity index (χ1) is 7.52. The number of likely N-dealkylation sites (N-methyl/N-ethyl adjacent to an activating group) is 2. The van der Waals surface area contributed by atoms with Gasteiger partial charge in [0, 0.05) is 27.7 Å². The summed E-state index contributed by atoms with van der Waals surface area (Å²) in [5.74, 6) is 0.0655. The largest absolute Gasteiger partial charge is 0.347 e. The van der Waals surface area contributed by atoms with Crippen LogP contribution in [0.1, 0.15) is 12.8 Å². The molecule has 1 rings (SSSR count). The molecular formula is C11H21N3O2. The Morgan fingerprint density at radius 3 is 2.50 bits per heavy atom. The minimum Gasteiger partial charge on any atom is -0.347 e. The van der Waals surface area contributed by atoms with Crippen molar-refractivity contribution in [3.05, 3.63) is 0 Å². The second-order valence-electron chi connectivity index (χ2n) is 4.53. The molecule has 1 heterocycles. The van der Waals surface area contributed by atoms with Gasteiger partial charge in [-0.05, 0) is 19.4 Å². The summed E-state index contributed by atoms with van der Waals surface area (Å²) in [5.41, 5.74) is 0. The van der Waals surface area contributed by atoms with Crippen LogP contribution < -0.4 is 5.32 Å². The summed E-state index contributed by atoms with van der Waals surface area (Å²) >= 11 is 0. The Morgan fingerprint density at radius 1 is 1.31 bits per heavy atom. The van der Waals surface area contributed by atoms with E-state index in [0.29, 0.717) is 0 Å². The molecule has 0 bridgehead atoms. The van der Waals surface area contributed by atoms with Crippen molar-refractivity contribution in [1.82, 2.24) is 15.1 Å². The van der Waals surface area contributed by atoms with E-state index in [1.54, 1.807) is 21.1 Å². The van der Waals surface area contributed by atoms with Crippen LogP contribution in [0.3, 0.4) is 0 Å². The van der Waals surface area contributed by atoms with Crippen LogP contribution in [0, 0.1) is 5.92 Å². The molecule has 1 aliphatic heterocycles. The van der Waals surface area contributed by atoms with Crippen LogP contribution in [0.4, 0.5) is 0 Å². The molecule has 0 aromatic carbocycles. The Labute approximate surface area is 96.8 Å². The van der Waals surface area contributed by atoms with Crippen molar-refractivity contribution in [3.8, 4) is 0 Å². The van der Waals surface area contributed by atoms with Crippen LogP contribution in [0.5, 0.6) is 0 Å². The monoisotopic (exact) mass is 227 g/mol. The maximum Gasteiger partial charge on any atom is 0.241 e. The predicted octanol–water partition coefficient (Wildman–Crippen LogP) is -0.467. The average molecular weight is 227 g/mol. The molecule has 0 spiro atoms. The lowest BCUT2D eigenvalue weighted by atomic mass is 9.98. The van der Waals surface area contributed by atoms with Crippen molar-refractivity contribution >= 4 is 11.8 Å². The van der Waals surface area contributed by atoms with Crippen LogP contribution in [0.25, 0.3) is 0 Å². The molecule has 5 heteroatoms. The van der Waals surface area contributed by atoms with E-state index in [2.05, 4.69) is 5.32 Å². The van der Waals surface area contributed by atoms with Gasteiger partial charge >= 0.3 is 0 Å². The van der Waals surface area contributed by atoms with Crippen molar-refractivity contribution in [2.75, 3.05) is 40.8 Å². The van der Waals surface area contributed by atoms with E-state index in [1.165, 1.54) is 9.80 Å². The van der Waals surface area contributed by atoms with E-state index in [9.17, 15) is 9.59 Å². The summed E-state index contributed by atoms with van der Waals surface area (Å²) in [5, 5.41) is 3.20. The SMILES string of the molecule is CN(C)C(=O)CN(C)C(=O)[C@@H]1CCCNC1. The molecule has 0 unspecified atom stereocenters. The molecule has 92 valence electrons. The van der Waals surface area contributed by atoms with Crippen molar-refractivity contribution < 1.29 is 9.59 Å². The lowest BCUT2D eigenvalue weighted by Crippen LogP contribution is -2.44. The minimum absolute atomic E-state index is 0.0358. The highest BCUT2D eigenvalue weighted by Crippen LogP contribution is 2.12. The number of carbonyl (C=O) groups is 2. The van der Waals surface area contributed by atoms with Gasteiger partial charge in [-0.25, -0.2) is 0 Å². The Bertz CT molecular complexity index is 260. The molecule has 1 aliphatic rings. The predicted molar refractivity (Wildman–Crippen MR) is 61.9 cm³/mol. The van der Waals surface area contributed by atoms with Gasteiger partial charge in [0.1, 0.15) is 0 Å². The highest BCUT2D eigenvalue weighted by atomic mass is 16.2. The molecule has 5 nitrogen and oxygen atoms in total. The Morgan fingerprint density at radius 2 is 2.00 bits per heavy atom. The number of carbonyl (C=O) groups excluding carboxylic acids is 2. The summed E-state index contributed by atoms with van der Waals surface area (Å²) in [6, 6.07) is 0. The van der Waals surface area contributed by atoms with Gasteiger partial charge in [0.05, 0.1) is 12.5 Å². The first-order valence-corrected chi connectivity index (χ1v) is 5.68. The summed E-state index contributed by atoms with van der Waals surface area (Å²) in [7, 11) is 5.09. The standard InChI is InChI=1S/C11H21N3O2/c1-13(2)10(15)8-14(3)11(16)9-5-4-6-12-7-9/h9,12H,4-8H2,1-3H3/t9-/m1/s1. The fourth-order valence-electron chi connectivity index (χ4n) is 1.80. The van der Waals surface area contributed by atoms with Crippen molar-refractivity contribution in [2.45, 2.75) is 12.8 Å². The summed E-state index contributed by atoms with van der Waals surface area (Å²) in [4.78, 5) is 26.5. The van der Waals surface area contributed by atoms with E-state index >= 15 is 0 Å². The number of piperidine rings is 1. The lowest BCUT2D eigenvalue weighted by Gasteiger charge is -2.27. The zero-order valence-corrected chi connectivity index (χ0v) is 10.3.